The van der Waals surface area contributed by atoms with Crippen molar-refractivity contribution in [1.29, 1.82) is 0 Å². The number of primary amides is 1. The molecule has 1 aromatic heterocycles. The fraction of sp³-hybridized carbons (Fsp3) is 0.0556. The third-order valence-corrected chi connectivity index (χ3v) is 3.74. The van der Waals surface area contributed by atoms with Gasteiger partial charge in [-0.25, -0.2) is 4.39 Å². The highest BCUT2D eigenvalue weighted by atomic mass is 19.4. The van der Waals surface area contributed by atoms with E-state index in [0.717, 1.165) is 47.1 Å². The molecule has 0 aliphatic carbocycles. The molecule has 0 fully saturated rings. The van der Waals surface area contributed by atoms with Gasteiger partial charge in [0, 0.05) is 5.56 Å². The van der Waals surface area contributed by atoms with Crippen LogP contribution in [0.3, 0.4) is 0 Å². The highest BCUT2D eigenvalue weighted by Crippen LogP contribution is 2.30. The number of alkyl halides is 3. The molecule has 5 nitrogen and oxygen atoms in total. The molecule has 0 bridgehead atoms. The van der Waals surface area contributed by atoms with Crippen molar-refractivity contribution in [2.75, 3.05) is 0 Å². The monoisotopic (exact) mass is 377 g/mol. The number of amides is 1. The van der Waals surface area contributed by atoms with E-state index in [1.54, 1.807) is 0 Å². The summed E-state index contributed by atoms with van der Waals surface area (Å²) < 4.78 is 52.4. The van der Waals surface area contributed by atoms with E-state index in [2.05, 4.69) is 5.10 Å². The standard InChI is InChI=1S/C18H11F4N3O2/c19-12-2-1-3-13(8-12)25-17(27)14(16(23)26)9-15(24-25)10-4-6-11(7-5-10)18(20,21)22/h1-9H,(H2,23,26). The van der Waals surface area contributed by atoms with Crippen molar-refractivity contribution in [3.63, 3.8) is 0 Å². The van der Waals surface area contributed by atoms with E-state index in [-0.39, 0.29) is 16.9 Å². The average Bonchev–Trinajstić information content (AvgIpc) is 2.61. The molecule has 2 aromatic carbocycles. The van der Waals surface area contributed by atoms with Gasteiger partial charge in [-0.3, -0.25) is 9.59 Å². The van der Waals surface area contributed by atoms with Crippen LogP contribution in [0.2, 0.25) is 0 Å². The van der Waals surface area contributed by atoms with E-state index < -0.39 is 34.6 Å². The summed E-state index contributed by atoms with van der Waals surface area (Å²) >= 11 is 0. The highest BCUT2D eigenvalue weighted by molar-refractivity contribution is 5.93. The number of aromatic nitrogens is 2. The normalized spacial score (nSPS) is 11.4. The van der Waals surface area contributed by atoms with Crippen molar-refractivity contribution in [1.82, 2.24) is 9.78 Å². The Morgan fingerprint density at radius 2 is 1.70 bits per heavy atom. The first-order valence-corrected chi connectivity index (χ1v) is 7.54. The van der Waals surface area contributed by atoms with Crippen molar-refractivity contribution in [3.05, 3.63) is 81.9 Å². The van der Waals surface area contributed by atoms with Gasteiger partial charge in [0.05, 0.1) is 16.9 Å². The van der Waals surface area contributed by atoms with Crippen molar-refractivity contribution in [2.24, 2.45) is 5.73 Å². The lowest BCUT2D eigenvalue weighted by Gasteiger charge is -2.11. The summed E-state index contributed by atoms with van der Waals surface area (Å²) in [6, 6.07) is 9.98. The predicted molar refractivity (Wildman–Crippen MR) is 88.7 cm³/mol. The molecule has 1 amide bonds. The molecule has 9 heteroatoms. The number of nitrogens with zero attached hydrogens (tertiary/aromatic N) is 2. The Morgan fingerprint density at radius 3 is 2.26 bits per heavy atom. The lowest BCUT2D eigenvalue weighted by Crippen LogP contribution is -2.30. The van der Waals surface area contributed by atoms with Gasteiger partial charge in [-0.05, 0) is 36.4 Å². The van der Waals surface area contributed by atoms with Gasteiger partial charge in [-0.15, -0.1) is 0 Å². The van der Waals surface area contributed by atoms with Crippen LogP contribution >= 0.6 is 0 Å². The summed E-state index contributed by atoms with van der Waals surface area (Å²) in [6.45, 7) is 0. The Bertz CT molecular complexity index is 1070. The largest absolute Gasteiger partial charge is 0.416 e. The second-order valence-corrected chi connectivity index (χ2v) is 5.58. The number of hydrogen-bond acceptors (Lipinski definition) is 3. The minimum Gasteiger partial charge on any atom is -0.365 e. The summed E-state index contributed by atoms with van der Waals surface area (Å²) in [5.74, 6) is -1.68. The average molecular weight is 377 g/mol. The zero-order valence-corrected chi connectivity index (χ0v) is 13.5. The first-order valence-electron chi connectivity index (χ1n) is 7.54. The van der Waals surface area contributed by atoms with Gasteiger partial charge in [-0.1, -0.05) is 18.2 Å². The van der Waals surface area contributed by atoms with Crippen molar-refractivity contribution < 1.29 is 22.4 Å². The number of carbonyl (C=O) groups excluding carboxylic acids is 1. The predicted octanol–water partition coefficient (Wildman–Crippen LogP) is 3.16. The molecule has 3 aromatic rings. The van der Waals surface area contributed by atoms with Gasteiger partial charge in [0.15, 0.2) is 0 Å². The second kappa shape index (κ2) is 6.67. The van der Waals surface area contributed by atoms with Gasteiger partial charge in [0.25, 0.3) is 11.5 Å². The number of nitrogens with two attached hydrogens (primary N) is 1. The van der Waals surface area contributed by atoms with E-state index >= 15 is 0 Å². The summed E-state index contributed by atoms with van der Waals surface area (Å²) in [5.41, 5.74) is 3.34. The molecule has 0 aliphatic heterocycles. The van der Waals surface area contributed by atoms with Gasteiger partial charge in [0.2, 0.25) is 0 Å². The van der Waals surface area contributed by atoms with Gasteiger partial charge >= 0.3 is 6.18 Å². The van der Waals surface area contributed by atoms with Crippen molar-refractivity contribution in [2.45, 2.75) is 6.18 Å². The number of hydrogen-bond donors (Lipinski definition) is 1. The van der Waals surface area contributed by atoms with Crippen molar-refractivity contribution >= 4 is 5.91 Å². The van der Waals surface area contributed by atoms with Crippen LogP contribution < -0.4 is 11.3 Å². The van der Waals surface area contributed by atoms with Crippen LogP contribution in [0.25, 0.3) is 16.9 Å². The lowest BCUT2D eigenvalue weighted by atomic mass is 10.1. The van der Waals surface area contributed by atoms with E-state index in [4.69, 9.17) is 5.73 Å². The van der Waals surface area contributed by atoms with Crippen LogP contribution in [-0.2, 0) is 6.18 Å². The zero-order chi connectivity index (χ0) is 19.8. The Labute approximate surface area is 149 Å². The third-order valence-electron chi connectivity index (χ3n) is 3.74. The molecule has 0 spiro atoms. The van der Waals surface area contributed by atoms with Crippen LogP contribution in [-0.4, -0.2) is 15.7 Å². The number of carbonyl (C=O) groups is 1. The fourth-order valence-electron chi connectivity index (χ4n) is 2.42. The maximum Gasteiger partial charge on any atom is 0.416 e. The lowest BCUT2D eigenvalue weighted by molar-refractivity contribution is -0.137. The quantitative estimate of drug-likeness (QED) is 0.713. The van der Waals surface area contributed by atoms with Crippen molar-refractivity contribution in [3.8, 4) is 16.9 Å². The Kier molecular flexibility index (Phi) is 4.52. The Morgan fingerprint density at radius 1 is 1.04 bits per heavy atom. The topological polar surface area (TPSA) is 78.0 Å². The third kappa shape index (κ3) is 3.71. The summed E-state index contributed by atoms with van der Waals surface area (Å²) in [7, 11) is 0. The first-order chi connectivity index (χ1) is 12.7. The molecular formula is C18H11F4N3O2. The van der Waals surface area contributed by atoms with E-state index in [9.17, 15) is 27.2 Å². The minimum atomic E-state index is -4.51. The molecule has 0 saturated carbocycles. The number of halogens is 4. The number of benzene rings is 2. The van der Waals surface area contributed by atoms with Crippen LogP contribution in [0.4, 0.5) is 17.6 Å². The van der Waals surface area contributed by atoms with Gasteiger partial charge in [-0.2, -0.15) is 23.0 Å². The molecule has 0 radical (unpaired) electrons. The van der Waals surface area contributed by atoms with E-state index in [0.29, 0.717) is 0 Å². The summed E-state index contributed by atoms with van der Waals surface area (Å²) in [5, 5.41) is 4.04. The molecule has 0 unspecified atom stereocenters. The van der Waals surface area contributed by atoms with Crippen LogP contribution in [0.15, 0.2) is 59.4 Å². The maximum absolute atomic E-state index is 13.5. The fourth-order valence-corrected chi connectivity index (χ4v) is 2.42. The minimum absolute atomic E-state index is 0.0291. The first kappa shape index (κ1) is 18.3. The molecule has 1 heterocycles. The molecule has 0 aliphatic rings. The van der Waals surface area contributed by atoms with E-state index in [1.165, 1.54) is 12.1 Å². The second-order valence-electron chi connectivity index (χ2n) is 5.58. The SMILES string of the molecule is NC(=O)c1cc(-c2ccc(C(F)(F)F)cc2)nn(-c2cccc(F)c2)c1=O. The van der Waals surface area contributed by atoms with Crippen LogP contribution in [0.5, 0.6) is 0 Å². The molecule has 3 rings (SSSR count). The summed E-state index contributed by atoms with van der Waals surface area (Å²) in [6.07, 6.45) is -4.51. The smallest absolute Gasteiger partial charge is 0.365 e. The van der Waals surface area contributed by atoms with Crippen LogP contribution in [0, 0.1) is 5.82 Å². The molecule has 2 N–H and O–H groups in total. The number of rotatable bonds is 3. The Hall–Kier alpha value is -3.49. The molecule has 0 saturated heterocycles. The molecule has 27 heavy (non-hydrogen) atoms. The molecular weight excluding hydrogens is 366 g/mol. The summed E-state index contributed by atoms with van der Waals surface area (Å²) in [4.78, 5) is 24.0. The van der Waals surface area contributed by atoms with Crippen LogP contribution in [0.1, 0.15) is 15.9 Å². The highest BCUT2D eigenvalue weighted by Gasteiger charge is 2.30. The van der Waals surface area contributed by atoms with Gasteiger partial charge < -0.3 is 5.73 Å². The molecule has 0 atom stereocenters. The van der Waals surface area contributed by atoms with E-state index in [1.807, 2.05) is 0 Å². The zero-order valence-electron chi connectivity index (χ0n) is 13.5. The molecule has 138 valence electrons. The Balaban J connectivity index is 2.19. The maximum atomic E-state index is 13.5. The van der Waals surface area contributed by atoms with Gasteiger partial charge in [0.1, 0.15) is 11.4 Å².